The zero-order valence-electron chi connectivity index (χ0n) is 14.7. The highest BCUT2D eigenvalue weighted by atomic mass is 32.2. The molecule has 6 nitrogen and oxygen atoms in total. The third-order valence-corrected chi connectivity index (χ3v) is 8.57. The molecule has 0 atom stereocenters. The molecular formula is C17H21F3N4O2S. The molecule has 5 rings (SSSR count). The molecule has 1 saturated carbocycles. The van der Waals surface area contributed by atoms with Crippen molar-refractivity contribution < 1.29 is 21.6 Å². The minimum Gasteiger partial charge on any atom is -0.257 e. The first kappa shape index (κ1) is 17.8. The molecule has 1 aromatic heterocycles. The molecule has 3 saturated heterocycles. The summed E-state index contributed by atoms with van der Waals surface area (Å²) in [5.41, 5.74) is 0.0242. The van der Waals surface area contributed by atoms with Crippen LogP contribution in [-0.2, 0) is 22.4 Å². The molecule has 4 aliphatic rings. The fourth-order valence-electron chi connectivity index (χ4n) is 5.40. The number of hydrogen-bond donors (Lipinski definition) is 0. The minimum absolute atomic E-state index is 0.0188. The van der Waals surface area contributed by atoms with Crippen molar-refractivity contribution in [2.24, 2.45) is 16.7 Å². The molecular weight excluding hydrogens is 381 g/mol. The Morgan fingerprint density at radius 3 is 2.07 bits per heavy atom. The Hall–Kier alpha value is -1.26. The molecule has 0 amide bonds. The van der Waals surface area contributed by atoms with E-state index in [1.807, 2.05) is 0 Å². The van der Waals surface area contributed by atoms with Gasteiger partial charge in [-0.1, -0.05) is 0 Å². The van der Waals surface area contributed by atoms with Crippen molar-refractivity contribution in [2.75, 3.05) is 37.7 Å². The minimum atomic E-state index is -4.44. The normalized spacial score (nSPS) is 29.0. The summed E-state index contributed by atoms with van der Waals surface area (Å²) in [6, 6.07) is 0. The smallest absolute Gasteiger partial charge is 0.257 e. The van der Waals surface area contributed by atoms with Gasteiger partial charge in [0.1, 0.15) is 0 Å². The second-order valence-electron chi connectivity index (χ2n) is 9.05. The Morgan fingerprint density at radius 2 is 1.59 bits per heavy atom. The molecule has 0 aromatic carbocycles. The van der Waals surface area contributed by atoms with Gasteiger partial charge in [-0.05, 0) is 30.6 Å². The molecule has 27 heavy (non-hydrogen) atoms. The lowest BCUT2D eigenvalue weighted by Gasteiger charge is -2.66. The lowest BCUT2D eigenvalue weighted by Crippen LogP contribution is -2.77. The second-order valence-corrected chi connectivity index (χ2v) is 11.1. The fraction of sp³-hybridized carbons (Fsp3) is 0.765. The number of aromatic nitrogens is 2. The van der Waals surface area contributed by atoms with E-state index in [1.165, 1.54) is 6.20 Å². The van der Waals surface area contributed by atoms with Crippen LogP contribution in [0.2, 0.25) is 0 Å². The molecule has 1 aromatic rings. The lowest BCUT2D eigenvalue weighted by molar-refractivity contribution is -0.242. The SMILES string of the molecule is O=S1(=O)CC2(CN(N3CC4(CC(Cc5cnc(C(F)(F)F)cn5)C4)C3)C2)C1. The zero-order valence-corrected chi connectivity index (χ0v) is 15.6. The van der Waals surface area contributed by atoms with Gasteiger partial charge in [0.25, 0.3) is 0 Å². The maximum atomic E-state index is 12.5. The van der Waals surface area contributed by atoms with Crippen LogP contribution in [0.1, 0.15) is 24.2 Å². The number of halogens is 3. The van der Waals surface area contributed by atoms with Crippen LogP contribution in [0.15, 0.2) is 12.4 Å². The molecule has 0 radical (unpaired) electrons. The molecule has 148 valence electrons. The van der Waals surface area contributed by atoms with E-state index in [9.17, 15) is 21.6 Å². The number of sulfone groups is 1. The van der Waals surface area contributed by atoms with Crippen molar-refractivity contribution in [3.8, 4) is 0 Å². The van der Waals surface area contributed by atoms with Gasteiger partial charge >= 0.3 is 6.18 Å². The predicted molar refractivity (Wildman–Crippen MR) is 90.1 cm³/mol. The number of nitrogens with zero attached hydrogens (tertiary/aromatic N) is 4. The first-order valence-electron chi connectivity index (χ1n) is 9.14. The molecule has 3 aliphatic heterocycles. The van der Waals surface area contributed by atoms with E-state index >= 15 is 0 Å². The van der Waals surface area contributed by atoms with E-state index < -0.39 is 21.7 Å². The lowest BCUT2D eigenvalue weighted by atomic mass is 9.57. The highest BCUT2D eigenvalue weighted by molar-refractivity contribution is 7.92. The van der Waals surface area contributed by atoms with Crippen LogP contribution in [0, 0.1) is 16.7 Å². The van der Waals surface area contributed by atoms with Crippen LogP contribution >= 0.6 is 0 Å². The van der Waals surface area contributed by atoms with Gasteiger partial charge in [0.05, 0.1) is 23.4 Å². The quantitative estimate of drug-likeness (QED) is 0.762. The monoisotopic (exact) mass is 402 g/mol. The van der Waals surface area contributed by atoms with Crippen molar-refractivity contribution in [3.05, 3.63) is 23.8 Å². The van der Waals surface area contributed by atoms with Gasteiger partial charge in [-0.15, -0.1) is 0 Å². The largest absolute Gasteiger partial charge is 0.434 e. The third-order valence-electron chi connectivity index (χ3n) is 6.46. The van der Waals surface area contributed by atoms with E-state index in [-0.39, 0.29) is 5.41 Å². The van der Waals surface area contributed by atoms with Crippen LogP contribution in [0.3, 0.4) is 0 Å². The zero-order chi connectivity index (χ0) is 19.1. The van der Waals surface area contributed by atoms with Crippen molar-refractivity contribution in [2.45, 2.75) is 25.4 Å². The Labute approximate surface area is 155 Å². The van der Waals surface area contributed by atoms with Crippen molar-refractivity contribution in [1.29, 1.82) is 0 Å². The summed E-state index contributed by atoms with van der Waals surface area (Å²) in [7, 11) is -2.77. The van der Waals surface area contributed by atoms with E-state index in [0.29, 0.717) is 35.0 Å². The van der Waals surface area contributed by atoms with Crippen LogP contribution in [-0.4, -0.2) is 66.1 Å². The number of hydrazine groups is 1. The molecule has 0 N–H and O–H groups in total. The maximum Gasteiger partial charge on any atom is 0.434 e. The Balaban J connectivity index is 1.06. The van der Waals surface area contributed by atoms with Gasteiger partial charge in [0.15, 0.2) is 15.5 Å². The van der Waals surface area contributed by atoms with Gasteiger partial charge < -0.3 is 0 Å². The van der Waals surface area contributed by atoms with Gasteiger partial charge in [-0.3, -0.25) is 4.98 Å². The first-order valence-corrected chi connectivity index (χ1v) is 11.0. The topological polar surface area (TPSA) is 66.4 Å². The summed E-state index contributed by atoms with van der Waals surface area (Å²) >= 11 is 0. The van der Waals surface area contributed by atoms with E-state index in [2.05, 4.69) is 20.0 Å². The standard InChI is InChI=1S/C17H21F3N4O2S/c18-17(19,20)14-5-21-13(4-22-14)1-12-2-15(3-12)6-23(7-15)24-8-16(9-24)10-27(25,26)11-16/h4-5,12H,1-3,6-11H2. The third kappa shape index (κ3) is 3.05. The summed E-state index contributed by atoms with van der Waals surface area (Å²) < 4.78 is 60.3. The molecule has 4 fully saturated rings. The van der Waals surface area contributed by atoms with Crippen LogP contribution in [0.25, 0.3) is 0 Å². The average molecular weight is 402 g/mol. The molecule has 1 aliphatic carbocycles. The van der Waals surface area contributed by atoms with E-state index in [0.717, 1.165) is 45.2 Å². The fourth-order valence-corrected chi connectivity index (χ4v) is 7.55. The number of alkyl halides is 3. The average Bonchev–Trinajstić information content (AvgIpc) is 2.43. The van der Waals surface area contributed by atoms with Gasteiger partial charge in [-0.25, -0.2) is 23.4 Å². The maximum absolute atomic E-state index is 12.5. The summed E-state index contributed by atoms with van der Waals surface area (Å²) in [5, 5.41) is 4.60. The Bertz CT molecular complexity index is 837. The van der Waals surface area contributed by atoms with Gasteiger partial charge in [0.2, 0.25) is 0 Å². The van der Waals surface area contributed by atoms with Gasteiger partial charge in [0, 0.05) is 37.8 Å². The summed E-state index contributed by atoms with van der Waals surface area (Å²) in [6.45, 7) is 3.72. The Morgan fingerprint density at radius 1 is 1.00 bits per heavy atom. The van der Waals surface area contributed by atoms with Crippen LogP contribution < -0.4 is 0 Å². The summed E-state index contributed by atoms with van der Waals surface area (Å²) in [5.74, 6) is 1.13. The van der Waals surface area contributed by atoms with Crippen molar-refractivity contribution >= 4 is 9.84 Å². The van der Waals surface area contributed by atoms with E-state index in [1.54, 1.807) is 0 Å². The number of rotatable bonds is 3. The number of hydrogen-bond acceptors (Lipinski definition) is 6. The Kier molecular flexibility index (Phi) is 3.57. The first-order chi connectivity index (χ1) is 12.6. The highest BCUT2D eigenvalue weighted by Gasteiger charge is 2.61. The van der Waals surface area contributed by atoms with Crippen LogP contribution in [0.5, 0.6) is 0 Å². The highest BCUT2D eigenvalue weighted by Crippen LogP contribution is 2.54. The molecule has 2 spiro atoms. The van der Waals surface area contributed by atoms with Crippen molar-refractivity contribution in [1.82, 2.24) is 20.0 Å². The predicted octanol–water partition coefficient (Wildman–Crippen LogP) is 1.40. The second kappa shape index (κ2) is 5.42. The molecule has 4 heterocycles. The molecule has 0 unspecified atom stereocenters. The van der Waals surface area contributed by atoms with Gasteiger partial charge in [-0.2, -0.15) is 13.2 Å². The van der Waals surface area contributed by atoms with Crippen molar-refractivity contribution in [3.63, 3.8) is 0 Å². The molecule has 0 bridgehead atoms. The molecule has 10 heteroatoms. The van der Waals surface area contributed by atoms with E-state index in [4.69, 9.17) is 0 Å². The summed E-state index contributed by atoms with van der Waals surface area (Å²) in [4.78, 5) is 7.40. The van der Waals surface area contributed by atoms with Crippen LogP contribution in [0.4, 0.5) is 13.2 Å². The summed E-state index contributed by atoms with van der Waals surface area (Å²) in [6.07, 6.45) is 0.430.